The van der Waals surface area contributed by atoms with Crippen LogP contribution in [0.15, 0.2) is 42.5 Å². The van der Waals surface area contributed by atoms with Crippen LogP contribution in [0.25, 0.3) is 0 Å². The summed E-state index contributed by atoms with van der Waals surface area (Å²) in [6, 6.07) is 13.6. The van der Waals surface area contributed by atoms with Crippen molar-refractivity contribution in [3.63, 3.8) is 0 Å². The Balaban J connectivity index is 2.47. The summed E-state index contributed by atoms with van der Waals surface area (Å²) in [5, 5.41) is 8.41. The van der Waals surface area contributed by atoms with E-state index in [0.29, 0.717) is 11.8 Å². The Morgan fingerprint density at radius 1 is 1.11 bits per heavy atom. The Kier molecular flexibility index (Phi) is 3.94. The first-order valence-electron chi connectivity index (χ1n) is 5.86. The molecule has 1 aromatic carbocycles. The zero-order valence-corrected chi connectivity index (χ0v) is 11.2. The minimum Gasteiger partial charge on any atom is -0.364 e. The number of hydrogen-bond donors (Lipinski definition) is 0. The summed E-state index contributed by atoms with van der Waals surface area (Å²) in [7, 11) is 0. The molecule has 1 aromatic heterocycles. The highest BCUT2D eigenvalue weighted by Crippen LogP contribution is 2.31. The van der Waals surface area contributed by atoms with Gasteiger partial charge >= 0.3 is 0 Å². The lowest BCUT2D eigenvalue weighted by Crippen LogP contribution is -2.29. The maximum Gasteiger partial charge on any atom is 0.151 e. The van der Waals surface area contributed by atoms with E-state index in [2.05, 4.69) is 10.2 Å². The van der Waals surface area contributed by atoms with E-state index in [1.807, 2.05) is 50.2 Å². The van der Waals surface area contributed by atoms with Gasteiger partial charge in [-0.1, -0.05) is 41.9 Å². The molecule has 0 spiro atoms. The Morgan fingerprint density at radius 2 is 1.83 bits per heavy atom. The Bertz CT molecular complexity index is 501. The molecule has 1 atom stereocenters. The van der Waals surface area contributed by atoms with E-state index in [1.54, 1.807) is 6.07 Å². The first-order chi connectivity index (χ1) is 8.66. The van der Waals surface area contributed by atoms with Crippen LogP contribution in [0.1, 0.15) is 25.1 Å². The van der Waals surface area contributed by atoms with Gasteiger partial charge in [-0.25, -0.2) is 0 Å². The van der Waals surface area contributed by atoms with E-state index in [4.69, 9.17) is 16.3 Å². The molecule has 1 unspecified atom stereocenters. The summed E-state index contributed by atoms with van der Waals surface area (Å²) in [4.78, 5) is 0. The number of aromatic nitrogens is 2. The van der Waals surface area contributed by atoms with Crippen LogP contribution < -0.4 is 0 Å². The summed E-state index contributed by atoms with van der Waals surface area (Å²) in [6.07, 6.45) is 0. The first-order valence-corrected chi connectivity index (χ1v) is 6.24. The Labute approximate surface area is 112 Å². The molecule has 0 aliphatic rings. The van der Waals surface area contributed by atoms with Crippen molar-refractivity contribution in [2.45, 2.75) is 19.4 Å². The highest BCUT2D eigenvalue weighted by molar-refractivity contribution is 6.29. The number of hydrogen-bond acceptors (Lipinski definition) is 3. The molecule has 0 bridgehead atoms. The molecule has 0 fully saturated rings. The van der Waals surface area contributed by atoms with E-state index >= 15 is 0 Å². The fraction of sp³-hybridized carbons (Fsp3) is 0.286. The van der Waals surface area contributed by atoms with Crippen molar-refractivity contribution in [2.24, 2.45) is 0 Å². The van der Waals surface area contributed by atoms with Gasteiger partial charge in [-0.15, -0.1) is 5.10 Å². The van der Waals surface area contributed by atoms with Crippen molar-refractivity contribution < 1.29 is 4.74 Å². The molecule has 3 nitrogen and oxygen atoms in total. The molecule has 0 saturated heterocycles. The second-order valence-corrected chi connectivity index (χ2v) is 4.46. The molecule has 0 amide bonds. The molecule has 4 heteroatoms. The molecule has 0 aliphatic carbocycles. The van der Waals surface area contributed by atoms with Gasteiger partial charge < -0.3 is 4.74 Å². The van der Waals surface area contributed by atoms with E-state index < -0.39 is 5.60 Å². The Morgan fingerprint density at radius 3 is 2.39 bits per heavy atom. The fourth-order valence-electron chi connectivity index (χ4n) is 1.92. The summed E-state index contributed by atoms with van der Waals surface area (Å²) in [5.74, 6) is 0. The van der Waals surface area contributed by atoms with Crippen LogP contribution in [0.5, 0.6) is 0 Å². The van der Waals surface area contributed by atoms with Gasteiger partial charge in [0.1, 0.15) is 5.60 Å². The molecule has 0 saturated carbocycles. The fourth-order valence-corrected chi connectivity index (χ4v) is 2.02. The third-order valence-electron chi connectivity index (χ3n) is 2.88. The molecule has 0 radical (unpaired) electrons. The number of rotatable bonds is 4. The smallest absolute Gasteiger partial charge is 0.151 e. The zero-order valence-electron chi connectivity index (χ0n) is 10.4. The van der Waals surface area contributed by atoms with Gasteiger partial charge in [0.2, 0.25) is 0 Å². The van der Waals surface area contributed by atoms with Gasteiger partial charge in [-0.2, -0.15) is 5.10 Å². The van der Waals surface area contributed by atoms with Crippen LogP contribution in [-0.4, -0.2) is 16.8 Å². The maximum absolute atomic E-state index is 5.90. The maximum atomic E-state index is 5.90. The van der Waals surface area contributed by atoms with E-state index in [1.165, 1.54) is 0 Å². The summed E-state index contributed by atoms with van der Waals surface area (Å²) in [6.45, 7) is 4.55. The van der Waals surface area contributed by atoms with Crippen LogP contribution in [0, 0.1) is 0 Å². The van der Waals surface area contributed by atoms with Crippen molar-refractivity contribution in [1.29, 1.82) is 0 Å². The molecule has 94 valence electrons. The van der Waals surface area contributed by atoms with Crippen molar-refractivity contribution in [3.05, 3.63) is 58.9 Å². The molecular weight excluding hydrogens is 248 g/mol. The van der Waals surface area contributed by atoms with Crippen LogP contribution in [-0.2, 0) is 10.3 Å². The van der Waals surface area contributed by atoms with Gasteiger partial charge in [0.15, 0.2) is 5.15 Å². The SMILES string of the molecule is CCOC(C)(c1ccccc1)c1ccc(Cl)nn1. The third kappa shape index (κ3) is 2.52. The minimum absolute atomic E-state index is 0.380. The van der Waals surface area contributed by atoms with Gasteiger partial charge in [0, 0.05) is 6.61 Å². The van der Waals surface area contributed by atoms with Crippen molar-refractivity contribution >= 4 is 11.6 Å². The van der Waals surface area contributed by atoms with Crippen LogP contribution in [0.4, 0.5) is 0 Å². The van der Waals surface area contributed by atoms with Crippen molar-refractivity contribution in [3.8, 4) is 0 Å². The van der Waals surface area contributed by atoms with Crippen LogP contribution >= 0.6 is 11.6 Å². The molecule has 2 aromatic rings. The summed E-state index contributed by atoms with van der Waals surface area (Å²) in [5.41, 5.74) is 1.19. The van der Waals surface area contributed by atoms with E-state index in [-0.39, 0.29) is 0 Å². The third-order valence-corrected chi connectivity index (χ3v) is 3.08. The van der Waals surface area contributed by atoms with Gasteiger partial charge in [-0.05, 0) is 31.5 Å². The van der Waals surface area contributed by atoms with E-state index in [0.717, 1.165) is 11.3 Å². The predicted octanol–water partition coefficient (Wildman–Crippen LogP) is 3.43. The monoisotopic (exact) mass is 262 g/mol. The standard InChI is InChI=1S/C14H15ClN2O/c1-3-18-14(2,11-7-5-4-6-8-11)12-9-10-13(15)17-16-12/h4-10H,3H2,1-2H3. The minimum atomic E-state index is -0.604. The van der Waals surface area contributed by atoms with Gasteiger partial charge in [0.05, 0.1) is 5.69 Å². The molecule has 18 heavy (non-hydrogen) atoms. The molecule has 2 rings (SSSR count). The number of benzene rings is 1. The lowest BCUT2D eigenvalue weighted by Gasteiger charge is -2.29. The highest BCUT2D eigenvalue weighted by Gasteiger charge is 2.31. The average molecular weight is 263 g/mol. The van der Waals surface area contributed by atoms with Crippen LogP contribution in [0.2, 0.25) is 5.15 Å². The van der Waals surface area contributed by atoms with Gasteiger partial charge in [-0.3, -0.25) is 0 Å². The second-order valence-electron chi connectivity index (χ2n) is 4.07. The van der Waals surface area contributed by atoms with Crippen LogP contribution in [0.3, 0.4) is 0 Å². The quantitative estimate of drug-likeness (QED) is 0.847. The number of nitrogens with zero attached hydrogens (tertiary/aromatic N) is 2. The molecule has 0 N–H and O–H groups in total. The lowest BCUT2D eigenvalue weighted by molar-refractivity contribution is 0.000166. The first kappa shape index (κ1) is 13.0. The summed E-state index contributed by atoms with van der Waals surface area (Å²) < 4.78 is 5.90. The Hall–Kier alpha value is -1.45. The number of ether oxygens (including phenoxy) is 1. The average Bonchev–Trinajstić information content (AvgIpc) is 2.40. The zero-order chi connectivity index (χ0) is 13.0. The number of halogens is 1. The largest absolute Gasteiger partial charge is 0.364 e. The van der Waals surface area contributed by atoms with Crippen molar-refractivity contribution in [1.82, 2.24) is 10.2 Å². The topological polar surface area (TPSA) is 35.0 Å². The lowest BCUT2D eigenvalue weighted by atomic mass is 9.92. The summed E-state index contributed by atoms with van der Waals surface area (Å²) >= 11 is 5.77. The molecule has 0 aliphatic heterocycles. The van der Waals surface area contributed by atoms with Gasteiger partial charge in [0.25, 0.3) is 0 Å². The van der Waals surface area contributed by atoms with Crippen molar-refractivity contribution in [2.75, 3.05) is 6.61 Å². The second kappa shape index (κ2) is 5.46. The molecule has 1 heterocycles. The molecular formula is C14H15ClN2O. The van der Waals surface area contributed by atoms with E-state index in [9.17, 15) is 0 Å². The highest BCUT2D eigenvalue weighted by atomic mass is 35.5. The normalized spacial score (nSPS) is 14.2. The predicted molar refractivity (Wildman–Crippen MR) is 71.6 cm³/mol.